The van der Waals surface area contributed by atoms with Gasteiger partial charge in [0.15, 0.2) is 0 Å². The second-order valence-corrected chi connectivity index (χ2v) is 9.42. The Kier molecular flexibility index (Phi) is 4.56. The molecule has 0 unspecified atom stereocenters. The van der Waals surface area contributed by atoms with Crippen molar-refractivity contribution >= 4 is 21.1 Å². The van der Waals surface area contributed by atoms with Crippen molar-refractivity contribution in [1.82, 2.24) is 14.3 Å². The molecule has 4 rings (SSSR count). The van der Waals surface area contributed by atoms with Gasteiger partial charge in [0.25, 0.3) is 0 Å². The summed E-state index contributed by atoms with van der Waals surface area (Å²) in [5.41, 5.74) is 4.74. The second kappa shape index (κ2) is 6.77. The van der Waals surface area contributed by atoms with E-state index < -0.39 is 10.0 Å². The molecule has 27 heavy (non-hydrogen) atoms. The van der Waals surface area contributed by atoms with Crippen LogP contribution in [0.2, 0.25) is 0 Å². The van der Waals surface area contributed by atoms with Crippen LogP contribution in [0.1, 0.15) is 41.3 Å². The molecule has 1 aliphatic heterocycles. The Labute approximate surface area is 160 Å². The van der Waals surface area contributed by atoms with E-state index in [1.165, 1.54) is 0 Å². The Balaban J connectivity index is 1.55. The van der Waals surface area contributed by atoms with Crippen LogP contribution in [0.3, 0.4) is 0 Å². The third-order valence-electron chi connectivity index (χ3n) is 5.45. The summed E-state index contributed by atoms with van der Waals surface area (Å²) in [5, 5.41) is 0. The normalized spacial score (nSPS) is 16.9. The van der Waals surface area contributed by atoms with E-state index in [0.29, 0.717) is 18.0 Å². The number of hydrogen-bond acceptors (Lipinski definition) is 3. The van der Waals surface area contributed by atoms with Crippen LogP contribution in [0.5, 0.6) is 0 Å². The zero-order valence-corrected chi connectivity index (χ0v) is 16.8. The minimum atomic E-state index is -3.47. The number of hydrogen-bond donors (Lipinski definition) is 1. The van der Waals surface area contributed by atoms with E-state index in [4.69, 9.17) is 4.98 Å². The van der Waals surface area contributed by atoms with Crippen molar-refractivity contribution < 1.29 is 8.42 Å². The van der Waals surface area contributed by atoms with Gasteiger partial charge in [0.05, 0.1) is 15.9 Å². The number of nitrogens with one attached hydrogen (secondary N) is 1. The van der Waals surface area contributed by atoms with Gasteiger partial charge in [-0.25, -0.2) is 13.4 Å². The van der Waals surface area contributed by atoms with Crippen molar-refractivity contribution in [2.75, 3.05) is 13.1 Å². The summed E-state index contributed by atoms with van der Waals surface area (Å²) in [7, 11) is -3.47. The highest BCUT2D eigenvalue weighted by atomic mass is 32.2. The van der Waals surface area contributed by atoms with Gasteiger partial charge in [-0.3, -0.25) is 0 Å². The van der Waals surface area contributed by atoms with E-state index in [1.807, 2.05) is 57.2 Å². The zero-order valence-electron chi connectivity index (χ0n) is 16.0. The summed E-state index contributed by atoms with van der Waals surface area (Å²) in [5.74, 6) is 1.24. The van der Waals surface area contributed by atoms with Crippen LogP contribution < -0.4 is 0 Å². The molecule has 1 saturated heterocycles. The van der Waals surface area contributed by atoms with E-state index in [0.717, 1.165) is 46.4 Å². The number of aromatic nitrogens is 2. The predicted octanol–water partition coefficient (Wildman–Crippen LogP) is 4.06. The molecule has 0 saturated carbocycles. The van der Waals surface area contributed by atoms with Crippen LogP contribution in [-0.4, -0.2) is 35.8 Å². The Morgan fingerprint density at radius 1 is 1.04 bits per heavy atom. The number of fused-ring (bicyclic) bond motifs is 1. The molecule has 6 heteroatoms. The van der Waals surface area contributed by atoms with Crippen molar-refractivity contribution in [2.24, 2.45) is 0 Å². The lowest BCUT2D eigenvalue weighted by molar-refractivity contribution is 0.314. The van der Waals surface area contributed by atoms with Gasteiger partial charge in [0.2, 0.25) is 10.0 Å². The lowest BCUT2D eigenvalue weighted by Gasteiger charge is -2.31. The Hall–Kier alpha value is -2.18. The van der Waals surface area contributed by atoms with Gasteiger partial charge < -0.3 is 4.98 Å². The molecule has 142 valence electrons. The molecular formula is C21H25N3O2S. The summed E-state index contributed by atoms with van der Waals surface area (Å²) in [6.45, 7) is 6.81. The highest BCUT2D eigenvalue weighted by molar-refractivity contribution is 7.89. The van der Waals surface area contributed by atoms with Gasteiger partial charge in [0.1, 0.15) is 5.82 Å². The Morgan fingerprint density at radius 2 is 1.67 bits per heavy atom. The van der Waals surface area contributed by atoms with Crippen molar-refractivity contribution in [1.29, 1.82) is 0 Å². The van der Waals surface area contributed by atoms with Crippen LogP contribution in [0, 0.1) is 20.8 Å². The van der Waals surface area contributed by atoms with E-state index in [9.17, 15) is 8.42 Å². The number of para-hydroxylation sites is 2. The minimum Gasteiger partial charge on any atom is -0.342 e. The number of rotatable bonds is 3. The number of benzene rings is 2. The van der Waals surface area contributed by atoms with Gasteiger partial charge >= 0.3 is 0 Å². The first kappa shape index (κ1) is 18.2. The van der Waals surface area contributed by atoms with Gasteiger partial charge in [-0.05, 0) is 56.9 Å². The van der Waals surface area contributed by atoms with Crippen LogP contribution in [0.25, 0.3) is 11.0 Å². The molecule has 1 aliphatic rings. The molecule has 5 nitrogen and oxygen atoms in total. The number of aryl methyl sites for hydroxylation is 3. The number of H-pyrrole nitrogens is 1. The molecule has 2 heterocycles. The van der Waals surface area contributed by atoms with Crippen LogP contribution in [0.15, 0.2) is 41.3 Å². The van der Waals surface area contributed by atoms with Crippen molar-refractivity contribution in [3.8, 4) is 0 Å². The van der Waals surface area contributed by atoms with Gasteiger partial charge in [-0.1, -0.05) is 29.8 Å². The van der Waals surface area contributed by atoms with E-state index in [1.54, 1.807) is 4.31 Å². The first-order chi connectivity index (χ1) is 12.9. The van der Waals surface area contributed by atoms with E-state index >= 15 is 0 Å². The Morgan fingerprint density at radius 3 is 2.30 bits per heavy atom. The molecule has 0 radical (unpaired) electrons. The van der Waals surface area contributed by atoms with Gasteiger partial charge in [0, 0.05) is 19.0 Å². The maximum atomic E-state index is 13.2. The highest BCUT2D eigenvalue weighted by Gasteiger charge is 2.32. The highest BCUT2D eigenvalue weighted by Crippen LogP contribution is 2.32. The first-order valence-electron chi connectivity index (χ1n) is 9.39. The summed E-state index contributed by atoms with van der Waals surface area (Å²) in [6, 6.07) is 11.9. The first-order valence-corrected chi connectivity index (χ1v) is 10.8. The van der Waals surface area contributed by atoms with Crippen molar-refractivity contribution in [3.05, 3.63) is 58.9 Å². The number of aromatic amines is 1. The SMILES string of the molecule is Cc1cc(C)c(S(=O)(=O)N2CCC(c3nc4ccccc4[nH]3)CC2)c(C)c1. The fourth-order valence-electron chi connectivity index (χ4n) is 4.24. The topological polar surface area (TPSA) is 66.1 Å². The molecular weight excluding hydrogens is 358 g/mol. The van der Waals surface area contributed by atoms with Crippen LogP contribution in [-0.2, 0) is 10.0 Å². The third-order valence-corrected chi connectivity index (χ3v) is 7.66. The summed E-state index contributed by atoms with van der Waals surface area (Å²) >= 11 is 0. The molecule has 0 atom stereocenters. The summed E-state index contributed by atoms with van der Waals surface area (Å²) < 4.78 is 28.1. The molecule has 0 amide bonds. The third kappa shape index (κ3) is 3.28. The predicted molar refractivity (Wildman–Crippen MR) is 107 cm³/mol. The fourth-order valence-corrected chi connectivity index (χ4v) is 6.12. The van der Waals surface area contributed by atoms with E-state index in [-0.39, 0.29) is 5.92 Å². The lowest BCUT2D eigenvalue weighted by atomic mass is 9.97. The number of sulfonamides is 1. The maximum Gasteiger partial charge on any atom is 0.243 e. The average molecular weight is 384 g/mol. The summed E-state index contributed by atoms with van der Waals surface area (Å²) in [6.07, 6.45) is 1.56. The minimum absolute atomic E-state index is 0.268. The lowest BCUT2D eigenvalue weighted by Crippen LogP contribution is -2.38. The molecule has 0 bridgehead atoms. The van der Waals surface area contributed by atoms with E-state index in [2.05, 4.69) is 4.98 Å². The molecule has 0 spiro atoms. The number of piperidine rings is 1. The molecule has 1 fully saturated rings. The van der Waals surface area contributed by atoms with Crippen molar-refractivity contribution in [2.45, 2.75) is 44.4 Å². The number of imidazole rings is 1. The molecule has 2 aromatic carbocycles. The van der Waals surface area contributed by atoms with Gasteiger partial charge in [-0.15, -0.1) is 0 Å². The smallest absolute Gasteiger partial charge is 0.243 e. The quantitative estimate of drug-likeness (QED) is 0.742. The second-order valence-electron chi connectivity index (χ2n) is 7.55. The number of nitrogens with zero attached hydrogens (tertiary/aromatic N) is 2. The van der Waals surface area contributed by atoms with Crippen molar-refractivity contribution in [3.63, 3.8) is 0 Å². The van der Waals surface area contributed by atoms with Crippen LogP contribution >= 0.6 is 0 Å². The Bertz CT molecular complexity index is 1040. The summed E-state index contributed by atoms with van der Waals surface area (Å²) in [4.78, 5) is 8.56. The average Bonchev–Trinajstić information content (AvgIpc) is 3.05. The van der Waals surface area contributed by atoms with Crippen LogP contribution in [0.4, 0.5) is 0 Å². The molecule has 0 aliphatic carbocycles. The fraction of sp³-hybridized carbons (Fsp3) is 0.381. The molecule has 1 N–H and O–H groups in total. The molecule has 1 aromatic heterocycles. The standard InChI is InChI=1S/C21H25N3O2S/c1-14-12-15(2)20(16(3)13-14)27(25,26)24-10-8-17(9-11-24)21-22-18-6-4-5-7-19(18)23-21/h4-7,12-13,17H,8-11H2,1-3H3,(H,22,23). The monoisotopic (exact) mass is 383 g/mol. The largest absolute Gasteiger partial charge is 0.342 e. The molecule has 3 aromatic rings. The van der Waals surface area contributed by atoms with Gasteiger partial charge in [-0.2, -0.15) is 4.31 Å². The zero-order chi connectivity index (χ0) is 19.2. The maximum absolute atomic E-state index is 13.2.